The maximum Gasteiger partial charge on any atom is 0.251 e. The molecule has 0 spiro atoms. The number of hydrogen-bond acceptors (Lipinski definition) is 4. The molecule has 0 saturated heterocycles. The van der Waals surface area contributed by atoms with Crippen molar-refractivity contribution in [3.63, 3.8) is 0 Å². The molecule has 2 rings (SSSR count). The van der Waals surface area contributed by atoms with Crippen LogP contribution in [0, 0.1) is 0 Å². The molecule has 5 nitrogen and oxygen atoms in total. The predicted molar refractivity (Wildman–Crippen MR) is 97.5 cm³/mol. The standard InChI is InChI=1S/C20H25NO4/c1-5-24-17-9-7-16(8-10-17)20(22)21-13-15-6-11-18(25-14(2)3)19(12-15)23-4/h6-12,14H,5,13H2,1-4H3,(H,21,22). The van der Waals surface area contributed by atoms with Crippen molar-refractivity contribution in [1.29, 1.82) is 0 Å². The van der Waals surface area contributed by atoms with E-state index in [0.29, 0.717) is 30.2 Å². The van der Waals surface area contributed by atoms with Crippen molar-refractivity contribution in [3.05, 3.63) is 53.6 Å². The van der Waals surface area contributed by atoms with Crippen molar-refractivity contribution in [2.75, 3.05) is 13.7 Å². The fraction of sp³-hybridized carbons (Fsp3) is 0.350. The second-order valence-electron chi connectivity index (χ2n) is 5.79. The summed E-state index contributed by atoms with van der Waals surface area (Å²) in [6.45, 7) is 6.86. The molecule has 0 aromatic heterocycles. The third kappa shape index (κ3) is 5.41. The quantitative estimate of drug-likeness (QED) is 0.792. The lowest BCUT2D eigenvalue weighted by atomic mass is 10.1. The fourth-order valence-corrected chi connectivity index (χ4v) is 2.33. The third-order valence-electron chi connectivity index (χ3n) is 3.47. The number of amides is 1. The Morgan fingerprint density at radius 3 is 2.40 bits per heavy atom. The molecule has 0 bridgehead atoms. The zero-order chi connectivity index (χ0) is 18.2. The van der Waals surface area contributed by atoms with Crippen LogP contribution in [0.15, 0.2) is 42.5 Å². The van der Waals surface area contributed by atoms with Crippen LogP contribution in [0.5, 0.6) is 17.2 Å². The number of hydrogen-bond donors (Lipinski definition) is 1. The highest BCUT2D eigenvalue weighted by Crippen LogP contribution is 2.29. The number of nitrogens with one attached hydrogen (secondary N) is 1. The molecule has 2 aromatic carbocycles. The van der Waals surface area contributed by atoms with Crippen molar-refractivity contribution in [1.82, 2.24) is 5.32 Å². The van der Waals surface area contributed by atoms with Gasteiger partial charge in [-0.25, -0.2) is 0 Å². The Hall–Kier alpha value is -2.69. The van der Waals surface area contributed by atoms with Gasteiger partial charge in [0, 0.05) is 12.1 Å². The number of ether oxygens (including phenoxy) is 3. The first-order valence-electron chi connectivity index (χ1n) is 8.38. The highest BCUT2D eigenvalue weighted by Gasteiger charge is 2.09. The van der Waals surface area contributed by atoms with Gasteiger partial charge in [-0.3, -0.25) is 4.79 Å². The Morgan fingerprint density at radius 1 is 1.08 bits per heavy atom. The maximum atomic E-state index is 12.2. The highest BCUT2D eigenvalue weighted by atomic mass is 16.5. The molecule has 2 aromatic rings. The number of rotatable bonds is 8. The largest absolute Gasteiger partial charge is 0.494 e. The van der Waals surface area contributed by atoms with Crippen molar-refractivity contribution in [2.45, 2.75) is 33.4 Å². The summed E-state index contributed by atoms with van der Waals surface area (Å²) in [6, 6.07) is 12.7. The second kappa shape index (κ2) is 8.97. The van der Waals surface area contributed by atoms with E-state index in [2.05, 4.69) is 5.32 Å². The van der Waals surface area contributed by atoms with Gasteiger partial charge in [0.15, 0.2) is 11.5 Å². The summed E-state index contributed by atoms with van der Waals surface area (Å²) >= 11 is 0. The Morgan fingerprint density at radius 2 is 1.80 bits per heavy atom. The molecule has 0 aliphatic carbocycles. The SMILES string of the molecule is CCOc1ccc(C(=O)NCc2ccc(OC(C)C)c(OC)c2)cc1. The molecule has 1 amide bonds. The van der Waals surface area contributed by atoms with Crippen LogP contribution in [-0.4, -0.2) is 25.7 Å². The molecule has 0 unspecified atom stereocenters. The molecule has 0 atom stereocenters. The van der Waals surface area contributed by atoms with E-state index in [4.69, 9.17) is 14.2 Å². The van der Waals surface area contributed by atoms with E-state index in [1.807, 2.05) is 39.0 Å². The van der Waals surface area contributed by atoms with E-state index in [1.165, 1.54) is 0 Å². The number of benzene rings is 2. The molecule has 0 heterocycles. The fourth-order valence-electron chi connectivity index (χ4n) is 2.33. The second-order valence-corrected chi connectivity index (χ2v) is 5.79. The van der Waals surface area contributed by atoms with Crippen LogP contribution < -0.4 is 19.5 Å². The lowest BCUT2D eigenvalue weighted by molar-refractivity contribution is 0.0951. The minimum atomic E-state index is -0.135. The van der Waals surface area contributed by atoms with Crippen molar-refractivity contribution in [2.24, 2.45) is 0 Å². The van der Waals surface area contributed by atoms with Crippen LogP contribution in [-0.2, 0) is 6.54 Å². The Bertz CT molecular complexity index is 695. The van der Waals surface area contributed by atoms with E-state index >= 15 is 0 Å². The highest BCUT2D eigenvalue weighted by molar-refractivity contribution is 5.94. The van der Waals surface area contributed by atoms with Crippen LogP contribution in [0.1, 0.15) is 36.7 Å². The van der Waals surface area contributed by atoms with Crippen LogP contribution in [0.25, 0.3) is 0 Å². The smallest absolute Gasteiger partial charge is 0.251 e. The van der Waals surface area contributed by atoms with Gasteiger partial charge >= 0.3 is 0 Å². The van der Waals surface area contributed by atoms with Gasteiger partial charge in [0.05, 0.1) is 19.8 Å². The van der Waals surface area contributed by atoms with Crippen LogP contribution in [0.4, 0.5) is 0 Å². The summed E-state index contributed by atoms with van der Waals surface area (Å²) in [5.41, 5.74) is 1.53. The van der Waals surface area contributed by atoms with E-state index in [-0.39, 0.29) is 12.0 Å². The van der Waals surface area contributed by atoms with Crippen LogP contribution in [0.2, 0.25) is 0 Å². The van der Waals surface area contributed by atoms with Crippen molar-refractivity contribution in [3.8, 4) is 17.2 Å². The zero-order valence-electron chi connectivity index (χ0n) is 15.2. The summed E-state index contributed by atoms with van der Waals surface area (Å²) < 4.78 is 16.4. The minimum Gasteiger partial charge on any atom is -0.494 e. The van der Waals surface area contributed by atoms with Crippen LogP contribution in [0.3, 0.4) is 0 Å². The Labute approximate surface area is 148 Å². The van der Waals surface area contributed by atoms with Gasteiger partial charge in [0.2, 0.25) is 0 Å². The van der Waals surface area contributed by atoms with Crippen molar-refractivity contribution >= 4 is 5.91 Å². The summed E-state index contributed by atoms with van der Waals surface area (Å²) in [5.74, 6) is 1.97. The monoisotopic (exact) mass is 343 g/mol. The number of carbonyl (C=O) groups excluding carboxylic acids is 1. The molecule has 5 heteroatoms. The molecule has 0 aliphatic heterocycles. The molecule has 0 fully saturated rings. The zero-order valence-corrected chi connectivity index (χ0v) is 15.2. The molecule has 0 saturated carbocycles. The molecular weight excluding hydrogens is 318 g/mol. The van der Waals surface area contributed by atoms with E-state index in [0.717, 1.165) is 11.3 Å². The first kappa shape index (κ1) is 18.6. The van der Waals surface area contributed by atoms with Gasteiger partial charge in [0.1, 0.15) is 5.75 Å². The van der Waals surface area contributed by atoms with E-state index in [9.17, 15) is 4.79 Å². The maximum absolute atomic E-state index is 12.2. The third-order valence-corrected chi connectivity index (χ3v) is 3.47. The number of carbonyl (C=O) groups is 1. The van der Waals surface area contributed by atoms with E-state index < -0.39 is 0 Å². The summed E-state index contributed by atoms with van der Waals surface area (Å²) in [5, 5.41) is 2.90. The van der Waals surface area contributed by atoms with Gasteiger partial charge in [0.25, 0.3) is 5.91 Å². The number of methoxy groups -OCH3 is 1. The predicted octanol–water partition coefficient (Wildman–Crippen LogP) is 3.81. The Kier molecular flexibility index (Phi) is 6.69. The average Bonchev–Trinajstić information content (AvgIpc) is 2.61. The molecule has 134 valence electrons. The molecule has 0 aliphatic rings. The van der Waals surface area contributed by atoms with E-state index in [1.54, 1.807) is 31.4 Å². The first-order chi connectivity index (χ1) is 12.0. The van der Waals surface area contributed by atoms with Gasteiger partial charge in [-0.15, -0.1) is 0 Å². The van der Waals surface area contributed by atoms with Gasteiger partial charge in [-0.1, -0.05) is 6.07 Å². The Balaban J connectivity index is 1.99. The topological polar surface area (TPSA) is 56.8 Å². The van der Waals surface area contributed by atoms with Crippen LogP contribution >= 0.6 is 0 Å². The molecule has 0 radical (unpaired) electrons. The summed E-state index contributed by atoms with van der Waals surface area (Å²) in [7, 11) is 1.60. The minimum absolute atomic E-state index is 0.0686. The molecular formula is C20H25NO4. The van der Waals surface area contributed by atoms with Gasteiger partial charge in [-0.05, 0) is 62.7 Å². The van der Waals surface area contributed by atoms with Crippen molar-refractivity contribution < 1.29 is 19.0 Å². The molecule has 1 N–H and O–H groups in total. The van der Waals surface area contributed by atoms with Gasteiger partial charge in [-0.2, -0.15) is 0 Å². The summed E-state index contributed by atoms with van der Waals surface area (Å²) in [4.78, 5) is 12.2. The lowest BCUT2D eigenvalue weighted by Gasteiger charge is -2.14. The van der Waals surface area contributed by atoms with Gasteiger partial charge < -0.3 is 19.5 Å². The first-order valence-corrected chi connectivity index (χ1v) is 8.38. The molecule has 25 heavy (non-hydrogen) atoms. The lowest BCUT2D eigenvalue weighted by Crippen LogP contribution is -2.22. The average molecular weight is 343 g/mol. The normalized spacial score (nSPS) is 10.4. The summed E-state index contributed by atoms with van der Waals surface area (Å²) in [6.07, 6.45) is 0.0686.